The van der Waals surface area contributed by atoms with Crippen LogP contribution >= 0.6 is 0 Å². The van der Waals surface area contributed by atoms with Crippen LogP contribution in [0, 0.1) is 17.2 Å². The summed E-state index contributed by atoms with van der Waals surface area (Å²) in [4.78, 5) is 6.04. The first kappa shape index (κ1) is 6.66. The predicted molar refractivity (Wildman–Crippen MR) is 42.2 cm³/mol. The molecule has 1 heterocycles. The Kier molecular flexibility index (Phi) is 1.35. The van der Waals surface area contributed by atoms with Crippen molar-refractivity contribution in [3.63, 3.8) is 0 Å². The molecule has 11 heavy (non-hydrogen) atoms. The molecule has 1 aliphatic carbocycles. The molecule has 3 atom stereocenters. The van der Waals surface area contributed by atoms with E-state index in [-0.39, 0.29) is 6.04 Å². The smallest absolute Gasteiger partial charge is 0.118 e. The molecule has 0 radical (unpaired) electrons. The highest BCUT2D eigenvalue weighted by Gasteiger charge is 2.51. The van der Waals surface area contributed by atoms with Crippen molar-refractivity contribution in [1.29, 1.82) is 5.26 Å². The van der Waals surface area contributed by atoms with Crippen molar-refractivity contribution in [2.24, 2.45) is 10.9 Å². The van der Waals surface area contributed by atoms with E-state index in [0.29, 0.717) is 6.04 Å². The molecule has 2 rings (SSSR count). The lowest BCUT2D eigenvalue weighted by atomic mass is 10.2. The van der Waals surface area contributed by atoms with Gasteiger partial charge in [0.2, 0.25) is 0 Å². The molecule has 3 nitrogen and oxygen atoms in total. The minimum absolute atomic E-state index is 0.0995. The number of aliphatic imine (C=N–C) groups is 1. The quantitative estimate of drug-likeness (QED) is 0.405. The standard InChI is InChI=1S/C8H11N3/c1-10-5-11-7(4-9)2-6-3-8(6)11/h5-8H,2-3H2,1H3. The van der Waals surface area contributed by atoms with Crippen LogP contribution < -0.4 is 0 Å². The highest BCUT2D eigenvalue weighted by Crippen LogP contribution is 2.46. The topological polar surface area (TPSA) is 39.4 Å². The Labute approximate surface area is 66.3 Å². The summed E-state index contributed by atoms with van der Waals surface area (Å²) in [7, 11) is 1.75. The lowest BCUT2D eigenvalue weighted by Crippen LogP contribution is -2.30. The first-order chi connectivity index (χ1) is 5.36. The maximum absolute atomic E-state index is 8.75. The maximum atomic E-state index is 8.75. The van der Waals surface area contributed by atoms with Crippen molar-refractivity contribution in [3.8, 4) is 6.07 Å². The van der Waals surface area contributed by atoms with Gasteiger partial charge >= 0.3 is 0 Å². The number of hydrogen-bond acceptors (Lipinski definition) is 2. The Morgan fingerprint density at radius 3 is 3.09 bits per heavy atom. The third-order valence-electron chi connectivity index (χ3n) is 2.55. The SMILES string of the molecule is CN=CN1C(C#N)CC2CC21. The maximum Gasteiger partial charge on any atom is 0.118 e. The van der Waals surface area contributed by atoms with Crippen molar-refractivity contribution in [1.82, 2.24) is 4.90 Å². The molecule has 0 bridgehead atoms. The van der Waals surface area contributed by atoms with Gasteiger partial charge in [-0.15, -0.1) is 0 Å². The molecule has 0 amide bonds. The van der Waals surface area contributed by atoms with Gasteiger partial charge in [0, 0.05) is 13.1 Å². The Morgan fingerprint density at radius 1 is 1.64 bits per heavy atom. The lowest BCUT2D eigenvalue weighted by molar-refractivity contribution is 0.411. The second-order valence-corrected chi connectivity index (χ2v) is 3.26. The number of nitriles is 1. The molecule has 0 aromatic heterocycles. The normalized spacial score (nSPS) is 40.7. The fraction of sp³-hybridized carbons (Fsp3) is 0.750. The summed E-state index contributed by atoms with van der Waals surface area (Å²) in [6.45, 7) is 0. The van der Waals surface area contributed by atoms with Crippen molar-refractivity contribution in [2.75, 3.05) is 7.05 Å². The molecule has 1 saturated heterocycles. The largest absolute Gasteiger partial charge is 0.344 e. The summed E-state index contributed by atoms with van der Waals surface area (Å²) in [5.74, 6) is 0.789. The Balaban J connectivity index is 2.10. The number of likely N-dealkylation sites (tertiary alicyclic amines) is 1. The van der Waals surface area contributed by atoms with E-state index in [1.807, 2.05) is 6.34 Å². The van der Waals surface area contributed by atoms with Crippen LogP contribution in [-0.2, 0) is 0 Å². The Morgan fingerprint density at radius 2 is 2.45 bits per heavy atom. The third kappa shape index (κ3) is 0.900. The van der Waals surface area contributed by atoms with Crippen molar-refractivity contribution in [2.45, 2.75) is 24.9 Å². The molecule has 2 fully saturated rings. The molecule has 0 aromatic carbocycles. The molecule has 1 saturated carbocycles. The Bertz CT molecular complexity index is 228. The van der Waals surface area contributed by atoms with Crippen LogP contribution in [0.3, 0.4) is 0 Å². The number of fused-ring (bicyclic) bond motifs is 1. The first-order valence-electron chi connectivity index (χ1n) is 3.96. The van der Waals surface area contributed by atoms with Gasteiger partial charge in [0.15, 0.2) is 0 Å². The lowest BCUT2D eigenvalue weighted by Gasteiger charge is -2.18. The fourth-order valence-corrected chi connectivity index (χ4v) is 1.91. The monoisotopic (exact) mass is 149 g/mol. The van der Waals surface area contributed by atoms with Crippen LogP contribution in [0.4, 0.5) is 0 Å². The van der Waals surface area contributed by atoms with Gasteiger partial charge in [-0.05, 0) is 18.8 Å². The van der Waals surface area contributed by atoms with E-state index in [9.17, 15) is 0 Å². The molecular formula is C8H11N3. The summed E-state index contributed by atoms with van der Waals surface area (Å²) in [6, 6.07) is 3.04. The molecule has 3 unspecified atom stereocenters. The van der Waals surface area contributed by atoms with E-state index >= 15 is 0 Å². The number of rotatable bonds is 1. The van der Waals surface area contributed by atoms with Crippen LogP contribution in [0.5, 0.6) is 0 Å². The molecule has 0 aromatic rings. The van der Waals surface area contributed by atoms with Gasteiger partial charge in [0.1, 0.15) is 6.04 Å². The third-order valence-corrected chi connectivity index (χ3v) is 2.55. The van der Waals surface area contributed by atoms with Crippen LogP contribution in [0.15, 0.2) is 4.99 Å². The highest BCUT2D eigenvalue weighted by atomic mass is 15.3. The zero-order valence-corrected chi connectivity index (χ0v) is 6.57. The summed E-state index contributed by atoms with van der Waals surface area (Å²) < 4.78 is 0. The van der Waals surface area contributed by atoms with Gasteiger partial charge in [-0.2, -0.15) is 5.26 Å². The van der Waals surface area contributed by atoms with Crippen LogP contribution in [0.2, 0.25) is 0 Å². The molecule has 0 spiro atoms. The van der Waals surface area contributed by atoms with Crippen molar-refractivity contribution >= 4 is 6.34 Å². The second-order valence-electron chi connectivity index (χ2n) is 3.26. The van der Waals surface area contributed by atoms with Crippen LogP contribution in [-0.4, -0.2) is 30.4 Å². The summed E-state index contributed by atoms with van der Waals surface area (Å²) in [5, 5.41) is 8.75. The van der Waals surface area contributed by atoms with Gasteiger partial charge in [-0.1, -0.05) is 0 Å². The molecule has 58 valence electrons. The zero-order chi connectivity index (χ0) is 7.84. The van der Waals surface area contributed by atoms with Crippen LogP contribution in [0.1, 0.15) is 12.8 Å². The van der Waals surface area contributed by atoms with E-state index in [0.717, 1.165) is 12.3 Å². The molecule has 2 aliphatic rings. The summed E-state index contributed by atoms with van der Waals surface area (Å²) in [6.07, 6.45) is 4.13. The van der Waals surface area contributed by atoms with Gasteiger partial charge in [-0.3, -0.25) is 4.99 Å². The minimum atomic E-state index is 0.0995. The first-order valence-corrected chi connectivity index (χ1v) is 3.96. The molecule has 0 N–H and O–H groups in total. The van der Waals surface area contributed by atoms with Crippen molar-refractivity contribution < 1.29 is 0 Å². The molecular weight excluding hydrogens is 138 g/mol. The number of nitrogens with zero attached hydrogens (tertiary/aromatic N) is 3. The van der Waals surface area contributed by atoms with Crippen LogP contribution in [0.25, 0.3) is 0 Å². The number of piperidine rings is 1. The van der Waals surface area contributed by atoms with Gasteiger partial charge in [0.25, 0.3) is 0 Å². The minimum Gasteiger partial charge on any atom is -0.344 e. The van der Waals surface area contributed by atoms with E-state index in [2.05, 4.69) is 16.0 Å². The van der Waals surface area contributed by atoms with Gasteiger partial charge in [-0.25, -0.2) is 0 Å². The average molecular weight is 149 g/mol. The molecule has 3 heteroatoms. The molecule has 1 aliphatic heterocycles. The number of hydrogen-bond donors (Lipinski definition) is 0. The highest BCUT2D eigenvalue weighted by molar-refractivity contribution is 5.58. The summed E-state index contributed by atoms with van der Waals surface area (Å²) >= 11 is 0. The van der Waals surface area contributed by atoms with E-state index < -0.39 is 0 Å². The van der Waals surface area contributed by atoms with E-state index in [1.165, 1.54) is 6.42 Å². The predicted octanol–water partition coefficient (Wildman–Crippen LogP) is 0.631. The fourth-order valence-electron chi connectivity index (χ4n) is 1.91. The average Bonchev–Trinajstić information content (AvgIpc) is 2.70. The summed E-state index contributed by atoms with van der Waals surface area (Å²) in [5.41, 5.74) is 0. The van der Waals surface area contributed by atoms with E-state index in [4.69, 9.17) is 5.26 Å². The van der Waals surface area contributed by atoms with Gasteiger partial charge < -0.3 is 4.90 Å². The van der Waals surface area contributed by atoms with E-state index in [1.54, 1.807) is 7.05 Å². The second kappa shape index (κ2) is 2.23. The zero-order valence-electron chi connectivity index (χ0n) is 6.57. The Hall–Kier alpha value is -1.04. The van der Waals surface area contributed by atoms with Gasteiger partial charge in [0.05, 0.1) is 12.4 Å². The van der Waals surface area contributed by atoms with Crippen molar-refractivity contribution in [3.05, 3.63) is 0 Å².